The normalized spacial score (nSPS) is 12.5. The second-order valence-corrected chi connectivity index (χ2v) is 2.69. The van der Waals surface area contributed by atoms with E-state index < -0.39 is 5.56 Å². The van der Waals surface area contributed by atoms with Crippen LogP contribution >= 0.6 is 11.6 Å². The van der Waals surface area contributed by atoms with Gasteiger partial charge in [0.05, 0.1) is 6.54 Å². The molecule has 0 saturated heterocycles. The second-order valence-electron chi connectivity index (χ2n) is 2.18. The zero-order valence-corrected chi connectivity index (χ0v) is 6.75. The Labute approximate surface area is 70.8 Å². The Morgan fingerprint density at radius 3 is 2.55 bits per heavy atom. The maximum atomic E-state index is 8.72. The van der Waals surface area contributed by atoms with Crippen molar-refractivity contribution in [2.45, 2.75) is 5.56 Å². The third-order valence-corrected chi connectivity index (χ3v) is 1.40. The van der Waals surface area contributed by atoms with Crippen LogP contribution in [0.25, 0.3) is 0 Å². The van der Waals surface area contributed by atoms with Gasteiger partial charge in [0.25, 0.3) is 0 Å². The van der Waals surface area contributed by atoms with Gasteiger partial charge in [0.15, 0.2) is 0 Å². The number of benzene rings is 1. The SMILES string of the molecule is OC(Cl)CNc1ccccc1. The van der Waals surface area contributed by atoms with E-state index in [9.17, 15) is 0 Å². The lowest BCUT2D eigenvalue weighted by Gasteiger charge is -2.05. The lowest BCUT2D eigenvalue weighted by Crippen LogP contribution is -2.12. The van der Waals surface area contributed by atoms with Crippen LogP contribution in [0.1, 0.15) is 0 Å². The standard InChI is InChI=1S/C8H10ClNO/c9-8(11)6-10-7-4-2-1-3-5-7/h1-5,8,10-11H,6H2. The van der Waals surface area contributed by atoms with Crippen molar-refractivity contribution in [1.29, 1.82) is 0 Å². The summed E-state index contributed by atoms with van der Waals surface area (Å²) in [4.78, 5) is 0. The summed E-state index contributed by atoms with van der Waals surface area (Å²) in [7, 11) is 0. The quantitative estimate of drug-likeness (QED) is 0.678. The molecule has 2 nitrogen and oxygen atoms in total. The Kier molecular flexibility index (Phi) is 3.20. The van der Waals surface area contributed by atoms with E-state index in [0.29, 0.717) is 6.54 Å². The molecule has 0 fully saturated rings. The first-order valence-electron chi connectivity index (χ1n) is 3.40. The zero-order valence-electron chi connectivity index (χ0n) is 6.00. The summed E-state index contributed by atoms with van der Waals surface area (Å²) in [5.41, 5.74) is 0.141. The van der Waals surface area contributed by atoms with E-state index in [0.717, 1.165) is 5.69 Å². The predicted molar refractivity (Wildman–Crippen MR) is 46.8 cm³/mol. The highest BCUT2D eigenvalue weighted by molar-refractivity contribution is 6.19. The number of para-hydroxylation sites is 1. The first-order chi connectivity index (χ1) is 5.29. The van der Waals surface area contributed by atoms with E-state index in [1.165, 1.54) is 0 Å². The third-order valence-electron chi connectivity index (χ3n) is 1.25. The first kappa shape index (κ1) is 8.37. The molecular formula is C8H10ClNO. The zero-order chi connectivity index (χ0) is 8.10. The fourth-order valence-electron chi connectivity index (χ4n) is 0.758. The van der Waals surface area contributed by atoms with Crippen LogP contribution in [0.4, 0.5) is 5.69 Å². The van der Waals surface area contributed by atoms with E-state index in [1.54, 1.807) is 0 Å². The Morgan fingerprint density at radius 1 is 1.36 bits per heavy atom. The molecule has 1 atom stereocenters. The van der Waals surface area contributed by atoms with Gasteiger partial charge in [0, 0.05) is 5.69 Å². The summed E-state index contributed by atoms with van der Waals surface area (Å²) < 4.78 is 0. The van der Waals surface area contributed by atoms with Crippen LogP contribution in [0.3, 0.4) is 0 Å². The summed E-state index contributed by atoms with van der Waals surface area (Å²) in [5.74, 6) is 0. The molecule has 0 heterocycles. The van der Waals surface area contributed by atoms with Gasteiger partial charge in [-0.05, 0) is 12.1 Å². The Balaban J connectivity index is 2.39. The average molecular weight is 172 g/mol. The Bertz CT molecular complexity index is 201. The Hall–Kier alpha value is -0.730. The van der Waals surface area contributed by atoms with Gasteiger partial charge < -0.3 is 10.4 Å². The third kappa shape index (κ3) is 3.25. The van der Waals surface area contributed by atoms with Crippen LogP contribution in [0, 0.1) is 0 Å². The van der Waals surface area contributed by atoms with Gasteiger partial charge in [-0.2, -0.15) is 0 Å². The molecule has 0 bridgehead atoms. The average Bonchev–Trinajstić information content (AvgIpc) is 2.03. The molecule has 0 radical (unpaired) electrons. The molecule has 0 aliphatic heterocycles. The van der Waals surface area contributed by atoms with E-state index in [-0.39, 0.29) is 0 Å². The first-order valence-corrected chi connectivity index (χ1v) is 3.84. The van der Waals surface area contributed by atoms with Crippen molar-refractivity contribution in [3.05, 3.63) is 30.3 Å². The number of rotatable bonds is 3. The van der Waals surface area contributed by atoms with E-state index >= 15 is 0 Å². The number of hydrogen-bond acceptors (Lipinski definition) is 2. The predicted octanol–water partition coefficient (Wildman–Crippen LogP) is 1.66. The fraction of sp³-hybridized carbons (Fsp3) is 0.250. The molecule has 0 aliphatic carbocycles. The molecule has 2 N–H and O–H groups in total. The van der Waals surface area contributed by atoms with Crippen LogP contribution in [-0.2, 0) is 0 Å². The van der Waals surface area contributed by atoms with Crippen LogP contribution in [0.2, 0.25) is 0 Å². The number of anilines is 1. The number of hydrogen-bond donors (Lipinski definition) is 2. The van der Waals surface area contributed by atoms with Crippen LogP contribution < -0.4 is 5.32 Å². The van der Waals surface area contributed by atoms with Crippen molar-refractivity contribution in [3.63, 3.8) is 0 Å². The van der Waals surface area contributed by atoms with E-state index in [2.05, 4.69) is 5.32 Å². The van der Waals surface area contributed by atoms with Crippen LogP contribution in [0.15, 0.2) is 30.3 Å². The molecule has 0 aliphatic rings. The van der Waals surface area contributed by atoms with Crippen molar-refractivity contribution in [1.82, 2.24) is 0 Å². The van der Waals surface area contributed by atoms with Gasteiger partial charge in [0.2, 0.25) is 0 Å². The molecule has 0 spiro atoms. The van der Waals surface area contributed by atoms with Gasteiger partial charge in [-0.25, -0.2) is 0 Å². The maximum absolute atomic E-state index is 8.72. The molecule has 1 aromatic carbocycles. The number of aliphatic hydroxyl groups is 1. The van der Waals surface area contributed by atoms with Crippen molar-refractivity contribution in [3.8, 4) is 0 Å². The molecule has 1 aromatic rings. The van der Waals surface area contributed by atoms with Crippen molar-refractivity contribution in [2.24, 2.45) is 0 Å². The highest BCUT2D eigenvalue weighted by Crippen LogP contribution is 2.04. The van der Waals surface area contributed by atoms with E-state index in [1.807, 2.05) is 30.3 Å². The number of aliphatic hydroxyl groups excluding tert-OH is 1. The molecule has 0 aromatic heterocycles. The minimum atomic E-state index is -0.824. The lowest BCUT2D eigenvalue weighted by atomic mass is 10.3. The van der Waals surface area contributed by atoms with Crippen molar-refractivity contribution >= 4 is 17.3 Å². The molecule has 60 valence electrons. The molecule has 3 heteroatoms. The summed E-state index contributed by atoms with van der Waals surface area (Å²) in [5, 5.41) is 11.7. The minimum Gasteiger partial charge on any atom is -0.381 e. The topological polar surface area (TPSA) is 32.3 Å². The molecule has 0 saturated carbocycles. The Morgan fingerprint density at radius 2 is 2.00 bits per heavy atom. The monoisotopic (exact) mass is 171 g/mol. The van der Waals surface area contributed by atoms with Gasteiger partial charge in [-0.15, -0.1) is 0 Å². The van der Waals surface area contributed by atoms with Gasteiger partial charge in [-0.3, -0.25) is 0 Å². The highest BCUT2D eigenvalue weighted by atomic mass is 35.5. The van der Waals surface area contributed by atoms with Gasteiger partial charge in [-0.1, -0.05) is 29.8 Å². The fourth-order valence-corrected chi connectivity index (χ4v) is 0.835. The number of nitrogens with one attached hydrogen (secondary N) is 1. The molecule has 1 rings (SSSR count). The molecule has 1 unspecified atom stereocenters. The lowest BCUT2D eigenvalue weighted by molar-refractivity contribution is 0.269. The minimum absolute atomic E-state index is 0.367. The molecular weight excluding hydrogens is 162 g/mol. The van der Waals surface area contributed by atoms with Gasteiger partial charge >= 0.3 is 0 Å². The van der Waals surface area contributed by atoms with Crippen molar-refractivity contribution in [2.75, 3.05) is 11.9 Å². The number of halogens is 1. The second kappa shape index (κ2) is 4.21. The van der Waals surface area contributed by atoms with E-state index in [4.69, 9.17) is 16.7 Å². The largest absolute Gasteiger partial charge is 0.381 e. The van der Waals surface area contributed by atoms with Crippen molar-refractivity contribution < 1.29 is 5.11 Å². The van der Waals surface area contributed by atoms with Crippen LogP contribution in [-0.4, -0.2) is 17.2 Å². The summed E-state index contributed by atoms with van der Waals surface area (Å²) in [6.45, 7) is 0.367. The van der Waals surface area contributed by atoms with Crippen LogP contribution in [0.5, 0.6) is 0 Å². The molecule has 0 amide bonds. The smallest absolute Gasteiger partial charge is 0.145 e. The summed E-state index contributed by atoms with van der Waals surface area (Å²) in [6.07, 6.45) is 0. The highest BCUT2D eigenvalue weighted by Gasteiger charge is 1.95. The van der Waals surface area contributed by atoms with Gasteiger partial charge in [0.1, 0.15) is 5.56 Å². The number of alkyl halides is 1. The summed E-state index contributed by atoms with van der Waals surface area (Å²) >= 11 is 5.32. The maximum Gasteiger partial charge on any atom is 0.145 e. The summed E-state index contributed by atoms with van der Waals surface area (Å²) in [6, 6.07) is 9.60. The molecule has 11 heavy (non-hydrogen) atoms.